The molecule has 6 atom stereocenters. The molecule has 1 saturated heterocycles. The van der Waals surface area contributed by atoms with E-state index in [2.05, 4.69) is 31.9 Å². The zero-order chi connectivity index (χ0) is 15.6. The van der Waals surface area contributed by atoms with Gasteiger partial charge in [0.05, 0.1) is 24.6 Å². The quantitative estimate of drug-likeness (QED) is 0.537. The molecule has 0 radical (unpaired) electrons. The first-order valence-corrected chi connectivity index (χ1v) is 9.17. The summed E-state index contributed by atoms with van der Waals surface area (Å²) in [5.74, 6) is 0.783. The fourth-order valence-electron chi connectivity index (χ4n) is 4.33. The van der Waals surface area contributed by atoms with Crippen LogP contribution in [0.25, 0.3) is 0 Å². The topological polar surface area (TPSA) is 46.6 Å². The van der Waals surface area contributed by atoms with Gasteiger partial charge in [-0.05, 0) is 42.5 Å². The van der Waals surface area contributed by atoms with Crippen molar-refractivity contribution in [2.75, 3.05) is 12.0 Å². The molecule has 1 aliphatic heterocycles. The maximum atomic E-state index is 12.8. The van der Waals surface area contributed by atoms with Gasteiger partial charge in [0.25, 0.3) is 0 Å². The molecule has 116 valence electrons. The maximum Gasteiger partial charge on any atom is 0.238 e. The van der Waals surface area contributed by atoms with Gasteiger partial charge >= 0.3 is 0 Å². The number of rotatable bonds is 2. The molecule has 0 unspecified atom stereocenters. The normalized spacial score (nSPS) is 39.5. The predicted molar refractivity (Wildman–Crippen MR) is 89.5 cm³/mol. The molecule has 22 heavy (non-hydrogen) atoms. The van der Waals surface area contributed by atoms with Gasteiger partial charge in [0.15, 0.2) is 0 Å². The molecule has 3 fully saturated rings. The summed E-state index contributed by atoms with van der Waals surface area (Å²) >= 11 is 7.39. The van der Waals surface area contributed by atoms with Crippen LogP contribution in [-0.2, 0) is 9.59 Å². The van der Waals surface area contributed by atoms with Crippen LogP contribution in [0, 0.1) is 23.7 Å². The molecule has 1 heterocycles. The molecule has 0 aromatic heterocycles. The average molecular weight is 429 g/mol. The Morgan fingerprint density at radius 3 is 1.95 bits per heavy atom. The molecule has 1 aromatic rings. The minimum absolute atomic E-state index is 0.0449. The highest BCUT2D eigenvalue weighted by Gasteiger charge is 2.66. The van der Waals surface area contributed by atoms with Crippen molar-refractivity contribution in [3.63, 3.8) is 0 Å². The van der Waals surface area contributed by atoms with Crippen molar-refractivity contribution in [1.82, 2.24) is 0 Å². The number of fused-ring (bicyclic) bond motifs is 5. The van der Waals surface area contributed by atoms with E-state index in [9.17, 15) is 9.59 Å². The van der Waals surface area contributed by atoms with Crippen molar-refractivity contribution < 1.29 is 14.3 Å². The van der Waals surface area contributed by atoms with Crippen molar-refractivity contribution in [3.8, 4) is 5.75 Å². The van der Waals surface area contributed by atoms with E-state index in [0.29, 0.717) is 11.4 Å². The molecular weight excluding hydrogens is 414 g/mol. The van der Waals surface area contributed by atoms with E-state index in [4.69, 9.17) is 4.74 Å². The first-order valence-electron chi connectivity index (χ1n) is 7.34. The van der Waals surface area contributed by atoms with Crippen LogP contribution < -0.4 is 9.64 Å². The smallest absolute Gasteiger partial charge is 0.238 e. The summed E-state index contributed by atoms with van der Waals surface area (Å²) in [6.07, 6.45) is 0.953. The Balaban J connectivity index is 1.69. The summed E-state index contributed by atoms with van der Waals surface area (Å²) in [5.41, 5.74) is 0.641. The van der Waals surface area contributed by atoms with Crippen molar-refractivity contribution in [2.24, 2.45) is 23.7 Å². The lowest BCUT2D eigenvalue weighted by atomic mass is 9.81. The number of carbonyl (C=O) groups excluding carboxylic acids is 2. The Morgan fingerprint density at radius 1 is 1.00 bits per heavy atom. The van der Waals surface area contributed by atoms with Crippen LogP contribution in [0.2, 0.25) is 0 Å². The molecule has 2 aliphatic carbocycles. The third-order valence-electron chi connectivity index (χ3n) is 5.32. The molecule has 0 N–H and O–H groups in total. The Morgan fingerprint density at radius 2 is 1.50 bits per heavy atom. The average Bonchev–Trinajstić information content (AvgIpc) is 3.13. The van der Waals surface area contributed by atoms with Gasteiger partial charge in [-0.1, -0.05) is 31.9 Å². The van der Waals surface area contributed by atoms with Crippen LogP contribution in [0.4, 0.5) is 5.69 Å². The summed E-state index contributed by atoms with van der Waals surface area (Å²) in [6, 6.07) is 7.10. The standard InChI is InChI=1S/C16H15Br2NO3/c1-22-8-4-2-7(3-5-8)19-15(20)11-9-6-10(12(11)16(19)21)14(18)13(9)17/h2-5,9-14H,6H2,1H3/t9-,10+,11-,12-,13+,14-/m0/s1. The van der Waals surface area contributed by atoms with Crippen molar-refractivity contribution >= 4 is 49.4 Å². The third-order valence-corrected chi connectivity index (χ3v) is 8.52. The number of nitrogens with zero attached hydrogens (tertiary/aromatic N) is 1. The van der Waals surface area contributed by atoms with Crippen LogP contribution in [0.3, 0.4) is 0 Å². The summed E-state index contributed by atoms with van der Waals surface area (Å²) in [5, 5.41) is 0. The zero-order valence-electron chi connectivity index (χ0n) is 11.9. The van der Waals surface area contributed by atoms with E-state index in [1.54, 1.807) is 31.4 Å². The number of imide groups is 1. The second-order valence-electron chi connectivity index (χ2n) is 6.21. The van der Waals surface area contributed by atoms with E-state index >= 15 is 0 Å². The summed E-state index contributed by atoms with van der Waals surface area (Å²) in [4.78, 5) is 27.6. The Bertz CT molecular complexity index is 615. The Labute approximate surface area is 145 Å². The first kappa shape index (κ1) is 14.7. The molecule has 2 amide bonds. The molecule has 6 heteroatoms. The Kier molecular flexibility index (Phi) is 3.38. The van der Waals surface area contributed by atoms with Crippen LogP contribution in [0.1, 0.15) is 6.42 Å². The number of alkyl halides is 2. The number of ether oxygens (including phenoxy) is 1. The molecule has 4 nitrogen and oxygen atoms in total. The molecule has 0 spiro atoms. The molecular formula is C16H15Br2NO3. The van der Waals surface area contributed by atoms with Gasteiger partial charge < -0.3 is 4.74 Å². The number of carbonyl (C=O) groups is 2. The summed E-state index contributed by atoms with van der Waals surface area (Å²) < 4.78 is 5.13. The van der Waals surface area contributed by atoms with Crippen molar-refractivity contribution in [3.05, 3.63) is 24.3 Å². The largest absolute Gasteiger partial charge is 0.497 e. The minimum Gasteiger partial charge on any atom is -0.497 e. The number of anilines is 1. The van der Waals surface area contributed by atoms with Crippen LogP contribution in [-0.4, -0.2) is 28.6 Å². The Hall–Kier alpha value is -0.880. The van der Waals surface area contributed by atoms with E-state index in [-0.39, 0.29) is 45.1 Å². The fraction of sp³-hybridized carbons (Fsp3) is 0.500. The molecule has 4 rings (SSSR count). The number of benzene rings is 1. The number of amides is 2. The summed E-state index contributed by atoms with van der Waals surface area (Å²) in [6.45, 7) is 0. The van der Waals surface area contributed by atoms with Gasteiger partial charge in [-0.3, -0.25) is 14.5 Å². The second kappa shape index (κ2) is 5.06. The highest BCUT2D eigenvalue weighted by molar-refractivity contribution is 9.12. The lowest BCUT2D eigenvalue weighted by Crippen LogP contribution is -2.37. The lowest BCUT2D eigenvalue weighted by molar-refractivity contribution is -0.123. The molecule has 3 aliphatic rings. The fourth-order valence-corrected chi connectivity index (χ4v) is 6.21. The van der Waals surface area contributed by atoms with Crippen molar-refractivity contribution in [1.29, 1.82) is 0 Å². The van der Waals surface area contributed by atoms with Gasteiger partial charge in [-0.2, -0.15) is 0 Å². The predicted octanol–water partition coefficient (Wildman–Crippen LogP) is 2.98. The lowest BCUT2D eigenvalue weighted by Gasteiger charge is -2.28. The van der Waals surface area contributed by atoms with E-state index in [0.717, 1.165) is 6.42 Å². The first-order chi connectivity index (χ1) is 10.5. The highest BCUT2D eigenvalue weighted by Crippen LogP contribution is 2.60. The number of halogens is 2. The van der Waals surface area contributed by atoms with E-state index in [1.165, 1.54) is 4.90 Å². The van der Waals surface area contributed by atoms with Gasteiger partial charge in [-0.25, -0.2) is 0 Å². The SMILES string of the molecule is COc1ccc(N2C(=O)[C@H]3[C@@H]4C[C@@H]([C@H](Br)[C@@H]4Br)[C@@H]3C2=O)cc1. The van der Waals surface area contributed by atoms with Gasteiger partial charge in [0.1, 0.15) is 5.75 Å². The van der Waals surface area contributed by atoms with Gasteiger partial charge in [-0.15, -0.1) is 0 Å². The summed E-state index contributed by atoms with van der Waals surface area (Å²) in [7, 11) is 1.59. The molecule has 2 saturated carbocycles. The van der Waals surface area contributed by atoms with E-state index < -0.39 is 0 Å². The number of hydrogen-bond donors (Lipinski definition) is 0. The monoisotopic (exact) mass is 427 g/mol. The number of methoxy groups -OCH3 is 1. The van der Waals surface area contributed by atoms with E-state index in [1.807, 2.05) is 0 Å². The second-order valence-corrected chi connectivity index (χ2v) is 8.33. The van der Waals surface area contributed by atoms with Crippen LogP contribution in [0.15, 0.2) is 24.3 Å². The molecule has 2 bridgehead atoms. The maximum absolute atomic E-state index is 12.8. The van der Waals surface area contributed by atoms with Crippen LogP contribution in [0.5, 0.6) is 5.75 Å². The third kappa shape index (κ3) is 1.80. The highest BCUT2D eigenvalue weighted by atomic mass is 79.9. The zero-order valence-corrected chi connectivity index (χ0v) is 15.1. The van der Waals surface area contributed by atoms with Gasteiger partial charge in [0, 0.05) is 9.65 Å². The van der Waals surface area contributed by atoms with Crippen molar-refractivity contribution in [2.45, 2.75) is 16.1 Å². The number of hydrogen-bond acceptors (Lipinski definition) is 3. The van der Waals surface area contributed by atoms with Crippen LogP contribution >= 0.6 is 31.9 Å². The van der Waals surface area contributed by atoms with Gasteiger partial charge in [0.2, 0.25) is 11.8 Å². The molecule has 1 aromatic carbocycles. The minimum atomic E-state index is -0.169.